The number of nitrogens with zero attached hydrogens (tertiary/aromatic N) is 2. The number of rotatable bonds is 9. The number of hydrogen-bond acceptors (Lipinski definition) is 6. The fourth-order valence-corrected chi connectivity index (χ4v) is 2.70. The van der Waals surface area contributed by atoms with Gasteiger partial charge in [0.25, 0.3) is 12.3 Å². The van der Waals surface area contributed by atoms with Crippen molar-refractivity contribution >= 4 is 17.6 Å². The van der Waals surface area contributed by atoms with Gasteiger partial charge in [-0.15, -0.1) is 0 Å². The van der Waals surface area contributed by atoms with Crippen LogP contribution < -0.4 is 20.1 Å². The van der Waals surface area contributed by atoms with Crippen molar-refractivity contribution in [2.45, 2.75) is 32.2 Å². The van der Waals surface area contributed by atoms with Crippen LogP contribution in [0.25, 0.3) is 0 Å². The zero-order valence-corrected chi connectivity index (χ0v) is 16.5. The number of methoxy groups -OCH3 is 1. The first-order valence-electron chi connectivity index (χ1n) is 9.41. The van der Waals surface area contributed by atoms with Crippen molar-refractivity contribution in [1.82, 2.24) is 15.3 Å². The van der Waals surface area contributed by atoms with E-state index in [0.29, 0.717) is 5.82 Å². The number of hydrogen-bond donors (Lipinski definition) is 2. The van der Waals surface area contributed by atoms with Crippen molar-refractivity contribution in [2.24, 2.45) is 5.92 Å². The fraction of sp³-hybridized carbons (Fsp3) is 0.400. The first-order chi connectivity index (χ1) is 14.4. The normalized spacial score (nSPS) is 14.2. The Kier molecular flexibility index (Phi) is 6.76. The minimum absolute atomic E-state index is 0.0430. The number of ether oxygens (including phenoxy) is 2. The van der Waals surface area contributed by atoms with Crippen LogP contribution in [0.3, 0.4) is 0 Å². The van der Waals surface area contributed by atoms with Gasteiger partial charge in [0.2, 0.25) is 17.7 Å². The van der Waals surface area contributed by atoms with E-state index in [9.17, 15) is 18.4 Å². The molecule has 10 heteroatoms. The monoisotopic (exact) mass is 420 g/mol. The number of aromatic nitrogens is 2. The first-order valence-corrected chi connectivity index (χ1v) is 9.41. The van der Waals surface area contributed by atoms with Crippen molar-refractivity contribution in [3.8, 4) is 11.8 Å². The van der Waals surface area contributed by atoms with Gasteiger partial charge < -0.3 is 20.1 Å². The number of halogens is 2. The van der Waals surface area contributed by atoms with E-state index in [-0.39, 0.29) is 29.1 Å². The molecule has 0 radical (unpaired) electrons. The van der Waals surface area contributed by atoms with Gasteiger partial charge in [0, 0.05) is 18.2 Å². The summed E-state index contributed by atoms with van der Waals surface area (Å²) in [6.07, 6.45) is 0.693. The molecule has 2 aromatic heterocycles. The lowest BCUT2D eigenvalue weighted by atomic mass is 10.1. The van der Waals surface area contributed by atoms with Crippen LogP contribution in [0.15, 0.2) is 30.5 Å². The number of pyridine rings is 2. The molecule has 0 aromatic carbocycles. The molecule has 1 aliphatic carbocycles. The molecule has 1 atom stereocenters. The number of carbonyl (C=O) groups is 2. The van der Waals surface area contributed by atoms with Gasteiger partial charge in [0.15, 0.2) is 6.61 Å². The second kappa shape index (κ2) is 9.47. The molecule has 0 spiro atoms. The molecular formula is C20H22F2N4O4. The van der Waals surface area contributed by atoms with Crippen molar-refractivity contribution in [3.63, 3.8) is 0 Å². The molecule has 0 bridgehead atoms. The summed E-state index contributed by atoms with van der Waals surface area (Å²) < 4.78 is 34.5. The van der Waals surface area contributed by atoms with Gasteiger partial charge in [-0.1, -0.05) is 0 Å². The maximum Gasteiger partial charge on any atom is 0.272 e. The van der Waals surface area contributed by atoms with E-state index in [1.807, 2.05) is 0 Å². The van der Waals surface area contributed by atoms with Gasteiger partial charge in [-0.3, -0.25) is 9.59 Å². The molecule has 2 heterocycles. The van der Waals surface area contributed by atoms with E-state index in [1.165, 1.54) is 19.2 Å². The van der Waals surface area contributed by atoms with Crippen LogP contribution >= 0.6 is 0 Å². The lowest BCUT2D eigenvalue weighted by Gasteiger charge is -2.16. The van der Waals surface area contributed by atoms with E-state index in [2.05, 4.69) is 20.6 Å². The van der Waals surface area contributed by atoms with E-state index >= 15 is 0 Å². The molecular weight excluding hydrogens is 398 g/mol. The van der Waals surface area contributed by atoms with Crippen LogP contribution in [0.4, 0.5) is 14.6 Å². The third-order valence-electron chi connectivity index (χ3n) is 4.46. The number of nitrogens with one attached hydrogen (secondary N) is 2. The topological polar surface area (TPSA) is 102 Å². The summed E-state index contributed by atoms with van der Waals surface area (Å²) in [5.41, 5.74) is 0.873. The Hall–Kier alpha value is -3.30. The third kappa shape index (κ3) is 5.62. The molecule has 2 aromatic rings. The standard InChI is InChI=1S/C20H22F2N4O4/c1-11(13-7-8-23-16(9-13)25-18(27)12-3-4-12)24-19(28)14-5-6-17(26-20(14)29-2)30-10-15(21)22/h5-9,11-12,15H,3-4,10H2,1-2H3,(H,24,28)(H,23,25,27). The SMILES string of the molecule is COc1nc(OCC(F)F)ccc1C(=O)NC(C)c1ccnc(NC(=O)C2CC2)c1. The lowest BCUT2D eigenvalue weighted by Crippen LogP contribution is -2.27. The van der Waals surface area contributed by atoms with Crippen molar-refractivity contribution in [2.75, 3.05) is 19.0 Å². The Bertz CT molecular complexity index is 921. The third-order valence-corrected chi connectivity index (χ3v) is 4.46. The van der Waals surface area contributed by atoms with Crippen molar-refractivity contribution in [3.05, 3.63) is 41.6 Å². The minimum Gasteiger partial charge on any atom is -0.480 e. The van der Waals surface area contributed by atoms with Gasteiger partial charge in [0.1, 0.15) is 11.4 Å². The summed E-state index contributed by atoms with van der Waals surface area (Å²) >= 11 is 0. The van der Waals surface area contributed by atoms with E-state index < -0.39 is 25.0 Å². The van der Waals surface area contributed by atoms with Gasteiger partial charge >= 0.3 is 0 Å². The zero-order chi connectivity index (χ0) is 21.7. The molecule has 2 amide bonds. The summed E-state index contributed by atoms with van der Waals surface area (Å²) in [4.78, 5) is 32.6. The van der Waals surface area contributed by atoms with E-state index in [1.54, 1.807) is 25.3 Å². The Morgan fingerprint density at radius 1 is 1.27 bits per heavy atom. The number of alkyl halides is 2. The smallest absolute Gasteiger partial charge is 0.272 e. The van der Waals surface area contributed by atoms with Crippen LogP contribution in [0, 0.1) is 5.92 Å². The average Bonchev–Trinajstić information content (AvgIpc) is 3.57. The molecule has 1 saturated carbocycles. The predicted molar refractivity (Wildman–Crippen MR) is 104 cm³/mol. The van der Waals surface area contributed by atoms with Crippen LogP contribution in [-0.2, 0) is 4.79 Å². The summed E-state index contributed by atoms with van der Waals surface area (Å²) in [6, 6.07) is 5.73. The maximum atomic E-state index is 12.7. The second-order valence-corrected chi connectivity index (χ2v) is 6.84. The molecule has 2 N–H and O–H groups in total. The van der Waals surface area contributed by atoms with Crippen LogP contribution in [0.1, 0.15) is 41.7 Å². The lowest BCUT2D eigenvalue weighted by molar-refractivity contribution is -0.117. The van der Waals surface area contributed by atoms with E-state index in [0.717, 1.165) is 18.4 Å². The molecule has 30 heavy (non-hydrogen) atoms. The van der Waals surface area contributed by atoms with E-state index in [4.69, 9.17) is 9.47 Å². The molecule has 160 valence electrons. The molecule has 0 aliphatic heterocycles. The number of carbonyl (C=O) groups excluding carboxylic acids is 2. The highest BCUT2D eigenvalue weighted by Crippen LogP contribution is 2.30. The molecule has 1 fully saturated rings. The van der Waals surface area contributed by atoms with Gasteiger partial charge in [-0.05, 0) is 43.5 Å². The molecule has 1 aliphatic rings. The predicted octanol–water partition coefficient (Wildman–Crippen LogP) is 2.97. The summed E-state index contributed by atoms with van der Waals surface area (Å²) in [5, 5.41) is 5.58. The van der Waals surface area contributed by atoms with Gasteiger partial charge in [-0.25, -0.2) is 13.8 Å². The summed E-state index contributed by atoms with van der Waals surface area (Å²) in [6.45, 7) is 0.972. The average molecular weight is 420 g/mol. The molecule has 3 rings (SSSR count). The Morgan fingerprint density at radius 3 is 2.70 bits per heavy atom. The van der Waals surface area contributed by atoms with Crippen LogP contribution in [0.2, 0.25) is 0 Å². The maximum absolute atomic E-state index is 12.7. The van der Waals surface area contributed by atoms with Crippen molar-refractivity contribution in [1.29, 1.82) is 0 Å². The Balaban J connectivity index is 1.67. The quantitative estimate of drug-likeness (QED) is 0.647. The first kappa shape index (κ1) is 21.4. The van der Waals surface area contributed by atoms with Crippen LogP contribution in [-0.4, -0.2) is 41.9 Å². The van der Waals surface area contributed by atoms with Gasteiger partial charge in [-0.2, -0.15) is 4.98 Å². The highest BCUT2D eigenvalue weighted by molar-refractivity contribution is 5.96. The largest absolute Gasteiger partial charge is 0.480 e. The van der Waals surface area contributed by atoms with Crippen molar-refractivity contribution < 1.29 is 27.8 Å². The molecule has 1 unspecified atom stereocenters. The fourth-order valence-electron chi connectivity index (χ4n) is 2.70. The highest BCUT2D eigenvalue weighted by Gasteiger charge is 2.29. The number of anilines is 1. The minimum atomic E-state index is -2.64. The van der Waals surface area contributed by atoms with Gasteiger partial charge in [0.05, 0.1) is 13.2 Å². The van der Waals surface area contributed by atoms with Crippen LogP contribution in [0.5, 0.6) is 11.8 Å². The zero-order valence-electron chi connectivity index (χ0n) is 16.5. The summed E-state index contributed by atoms with van der Waals surface area (Å²) in [5.74, 6) is -0.153. The Morgan fingerprint density at radius 2 is 2.03 bits per heavy atom. The summed E-state index contributed by atoms with van der Waals surface area (Å²) in [7, 11) is 1.32. The molecule has 0 saturated heterocycles. The number of amides is 2. The molecule has 8 nitrogen and oxygen atoms in total. The highest BCUT2D eigenvalue weighted by atomic mass is 19.3. The second-order valence-electron chi connectivity index (χ2n) is 6.84. The Labute approximate surface area is 172 Å².